The van der Waals surface area contributed by atoms with Crippen LogP contribution in [0.25, 0.3) is 22.3 Å². The van der Waals surface area contributed by atoms with Gasteiger partial charge in [0.15, 0.2) is 5.65 Å². The van der Waals surface area contributed by atoms with Crippen molar-refractivity contribution in [2.75, 3.05) is 76.2 Å². The Bertz CT molecular complexity index is 1170. The van der Waals surface area contributed by atoms with Crippen molar-refractivity contribution in [2.45, 2.75) is 33.2 Å². The van der Waals surface area contributed by atoms with E-state index in [0.717, 1.165) is 88.2 Å². The van der Waals surface area contributed by atoms with Gasteiger partial charge in [0.2, 0.25) is 5.95 Å². The molecule has 0 bridgehead atoms. The number of ether oxygens (including phenoxy) is 1. The van der Waals surface area contributed by atoms with Crippen LogP contribution in [0, 0.1) is 6.92 Å². The van der Waals surface area contributed by atoms with Gasteiger partial charge < -0.3 is 15.4 Å². The van der Waals surface area contributed by atoms with Crippen LogP contribution in [0.1, 0.15) is 26.3 Å². The summed E-state index contributed by atoms with van der Waals surface area (Å²) in [5, 5.41) is 5.66. The fraction of sp³-hybridized carbons (Fsp3) is 0.577. The molecule has 35 heavy (non-hydrogen) atoms. The number of aryl methyl sites for hydroxylation is 1. The van der Waals surface area contributed by atoms with Gasteiger partial charge in [-0.05, 0) is 33.8 Å². The summed E-state index contributed by atoms with van der Waals surface area (Å²) < 4.78 is 7.34. The smallest absolute Gasteiger partial charge is 0.228 e. The number of aromatic nitrogens is 4. The van der Waals surface area contributed by atoms with E-state index in [0.29, 0.717) is 11.5 Å². The first-order valence-electron chi connectivity index (χ1n) is 12.7. The van der Waals surface area contributed by atoms with E-state index < -0.39 is 0 Å². The van der Waals surface area contributed by atoms with E-state index in [4.69, 9.17) is 25.5 Å². The van der Waals surface area contributed by atoms with E-state index in [-0.39, 0.29) is 5.54 Å². The minimum absolute atomic E-state index is 0.249. The Kier molecular flexibility index (Phi) is 6.65. The van der Waals surface area contributed by atoms with Crippen LogP contribution >= 0.6 is 0 Å². The van der Waals surface area contributed by atoms with E-state index >= 15 is 0 Å². The number of nitrogens with two attached hydrogens (primary N) is 1. The van der Waals surface area contributed by atoms with E-state index in [1.165, 1.54) is 5.56 Å². The minimum atomic E-state index is -0.249. The first-order chi connectivity index (χ1) is 16.8. The van der Waals surface area contributed by atoms with Gasteiger partial charge in [-0.2, -0.15) is 4.98 Å². The van der Waals surface area contributed by atoms with Gasteiger partial charge in [-0.25, -0.2) is 9.67 Å². The molecule has 0 atom stereocenters. The van der Waals surface area contributed by atoms with Crippen LogP contribution in [-0.4, -0.2) is 95.1 Å². The fourth-order valence-corrected chi connectivity index (χ4v) is 4.93. The average molecular weight is 479 g/mol. The third-order valence-corrected chi connectivity index (χ3v) is 6.98. The van der Waals surface area contributed by atoms with Gasteiger partial charge in [-0.15, -0.1) is 5.10 Å². The number of fused-ring (bicyclic) bond motifs is 1. The molecule has 0 aliphatic carbocycles. The molecule has 2 N–H and O–H groups in total. The molecule has 5 rings (SSSR count). The Balaban J connectivity index is 1.40. The normalized spacial score (nSPS) is 18.5. The van der Waals surface area contributed by atoms with Gasteiger partial charge >= 0.3 is 0 Å². The molecule has 188 valence electrons. The molecule has 2 fully saturated rings. The maximum atomic E-state index is 6.63. The minimum Gasteiger partial charge on any atom is -0.383 e. The summed E-state index contributed by atoms with van der Waals surface area (Å²) in [4.78, 5) is 17.3. The molecular formula is C26H38N8O. The van der Waals surface area contributed by atoms with Gasteiger partial charge in [0.25, 0.3) is 0 Å². The summed E-state index contributed by atoms with van der Waals surface area (Å²) in [6.07, 6.45) is 0. The quantitative estimate of drug-likeness (QED) is 0.599. The summed E-state index contributed by atoms with van der Waals surface area (Å²) in [6.45, 7) is 18.2. The molecule has 2 aromatic heterocycles. The topological polar surface area (TPSA) is 88.6 Å². The van der Waals surface area contributed by atoms with Gasteiger partial charge in [-0.3, -0.25) is 9.80 Å². The van der Waals surface area contributed by atoms with Crippen molar-refractivity contribution in [3.8, 4) is 11.3 Å². The SMILES string of the molecule is Cc1cccc(-c2nc(N3CCN(CCN4CCOCC4)CC3)nc3nn(C(C)(C)C)c(N)c23)c1. The predicted molar refractivity (Wildman–Crippen MR) is 141 cm³/mol. The molecule has 0 radical (unpaired) electrons. The zero-order chi connectivity index (χ0) is 24.6. The second kappa shape index (κ2) is 9.72. The average Bonchev–Trinajstić information content (AvgIpc) is 3.20. The highest BCUT2D eigenvalue weighted by Crippen LogP contribution is 2.34. The van der Waals surface area contributed by atoms with Crippen LogP contribution in [0.15, 0.2) is 24.3 Å². The van der Waals surface area contributed by atoms with Crippen LogP contribution < -0.4 is 10.6 Å². The third-order valence-electron chi connectivity index (χ3n) is 6.98. The zero-order valence-electron chi connectivity index (χ0n) is 21.5. The Morgan fingerprint density at radius 3 is 2.29 bits per heavy atom. The lowest BCUT2D eigenvalue weighted by Gasteiger charge is -2.36. The van der Waals surface area contributed by atoms with Gasteiger partial charge in [0.1, 0.15) is 5.82 Å². The molecule has 0 saturated carbocycles. The molecule has 2 saturated heterocycles. The number of hydrogen-bond donors (Lipinski definition) is 1. The summed E-state index contributed by atoms with van der Waals surface area (Å²) in [6, 6.07) is 8.41. The highest BCUT2D eigenvalue weighted by Gasteiger charge is 2.26. The van der Waals surface area contributed by atoms with Crippen molar-refractivity contribution >= 4 is 22.8 Å². The van der Waals surface area contributed by atoms with Crippen LogP contribution in [0.5, 0.6) is 0 Å². The molecule has 9 nitrogen and oxygen atoms in total. The largest absolute Gasteiger partial charge is 0.383 e. The highest BCUT2D eigenvalue weighted by molar-refractivity contribution is 5.99. The van der Waals surface area contributed by atoms with Crippen molar-refractivity contribution in [1.82, 2.24) is 29.5 Å². The number of hydrogen-bond acceptors (Lipinski definition) is 8. The van der Waals surface area contributed by atoms with Crippen LogP contribution in [-0.2, 0) is 10.3 Å². The number of piperazine rings is 1. The molecule has 4 heterocycles. The maximum absolute atomic E-state index is 6.63. The Morgan fingerprint density at radius 1 is 0.943 bits per heavy atom. The summed E-state index contributed by atoms with van der Waals surface area (Å²) in [7, 11) is 0. The van der Waals surface area contributed by atoms with Crippen molar-refractivity contribution in [1.29, 1.82) is 0 Å². The molecule has 3 aromatic rings. The molecular weight excluding hydrogens is 440 g/mol. The Labute approximate surface area is 207 Å². The summed E-state index contributed by atoms with van der Waals surface area (Å²) in [5.41, 5.74) is 10.1. The number of rotatable bonds is 5. The number of anilines is 2. The van der Waals surface area contributed by atoms with Crippen LogP contribution in [0.3, 0.4) is 0 Å². The molecule has 0 amide bonds. The second-order valence-corrected chi connectivity index (χ2v) is 10.7. The predicted octanol–water partition coefficient (Wildman–Crippen LogP) is 2.59. The van der Waals surface area contributed by atoms with Crippen molar-refractivity contribution in [3.05, 3.63) is 29.8 Å². The monoisotopic (exact) mass is 478 g/mol. The Morgan fingerprint density at radius 2 is 1.63 bits per heavy atom. The highest BCUT2D eigenvalue weighted by atomic mass is 16.5. The third kappa shape index (κ3) is 5.12. The Hall–Kier alpha value is -2.75. The first kappa shape index (κ1) is 24.0. The zero-order valence-corrected chi connectivity index (χ0v) is 21.5. The summed E-state index contributed by atoms with van der Waals surface area (Å²) >= 11 is 0. The molecule has 2 aliphatic heterocycles. The maximum Gasteiger partial charge on any atom is 0.228 e. The van der Waals surface area contributed by atoms with Crippen molar-refractivity contribution in [2.24, 2.45) is 0 Å². The number of benzene rings is 1. The summed E-state index contributed by atoms with van der Waals surface area (Å²) in [5.74, 6) is 1.35. The van der Waals surface area contributed by atoms with E-state index in [1.807, 2.05) is 4.68 Å². The molecule has 9 heteroatoms. The van der Waals surface area contributed by atoms with Gasteiger partial charge in [0, 0.05) is 57.9 Å². The van der Waals surface area contributed by atoms with E-state index in [2.05, 4.69) is 66.7 Å². The van der Waals surface area contributed by atoms with Crippen LogP contribution in [0.2, 0.25) is 0 Å². The van der Waals surface area contributed by atoms with Gasteiger partial charge in [-0.1, -0.05) is 23.8 Å². The lowest BCUT2D eigenvalue weighted by molar-refractivity contribution is 0.0331. The van der Waals surface area contributed by atoms with Crippen LogP contribution in [0.4, 0.5) is 11.8 Å². The van der Waals surface area contributed by atoms with E-state index in [9.17, 15) is 0 Å². The van der Waals surface area contributed by atoms with Crippen molar-refractivity contribution < 1.29 is 4.74 Å². The van der Waals surface area contributed by atoms with Gasteiger partial charge in [0.05, 0.1) is 29.8 Å². The molecule has 0 unspecified atom stereocenters. The lowest BCUT2D eigenvalue weighted by atomic mass is 10.1. The molecule has 0 spiro atoms. The number of nitrogens with zero attached hydrogens (tertiary/aromatic N) is 7. The molecule has 1 aromatic carbocycles. The molecule has 2 aliphatic rings. The number of nitrogen functional groups attached to an aromatic ring is 1. The number of morpholine rings is 1. The van der Waals surface area contributed by atoms with E-state index in [1.54, 1.807) is 0 Å². The standard InChI is InChI=1S/C26H38N8O/c1-19-6-5-7-20(18-19)22-21-23(27)34(26(2,3)4)30-24(21)29-25(28-22)33-12-10-31(11-13-33)8-9-32-14-16-35-17-15-32/h5-7,18H,8-17,27H2,1-4H3. The van der Waals surface area contributed by atoms with Crippen molar-refractivity contribution in [3.63, 3.8) is 0 Å². The fourth-order valence-electron chi connectivity index (χ4n) is 4.93. The lowest BCUT2D eigenvalue weighted by Crippen LogP contribution is -2.49. The second-order valence-electron chi connectivity index (χ2n) is 10.7. The first-order valence-corrected chi connectivity index (χ1v) is 12.7.